The average Bonchev–Trinajstić information content (AvgIpc) is 3.20. The van der Waals surface area contributed by atoms with E-state index >= 15 is 0 Å². The Bertz CT molecular complexity index is 1370. The minimum absolute atomic E-state index is 0.614. The number of aryl methyl sites for hydroxylation is 1. The van der Waals surface area contributed by atoms with E-state index in [1.165, 1.54) is 5.56 Å². The van der Waals surface area contributed by atoms with Gasteiger partial charge in [-0.2, -0.15) is 5.10 Å². The Hall–Kier alpha value is -3.86. The van der Waals surface area contributed by atoms with E-state index in [0.717, 1.165) is 50.2 Å². The second-order valence-corrected chi connectivity index (χ2v) is 7.46. The molecule has 3 aromatic carbocycles. The lowest BCUT2D eigenvalue weighted by molar-refractivity contribution is 0.341. The number of aromatic nitrogens is 3. The first-order valence-electron chi connectivity index (χ1n) is 10.3. The normalized spacial score (nSPS) is 11.2. The van der Waals surface area contributed by atoms with Gasteiger partial charge in [0.1, 0.15) is 17.2 Å². The molecule has 0 unspecified atom stereocenters. The van der Waals surface area contributed by atoms with Gasteiger partial charge in [-0.15, -0.1) is 0 Å². The molecule has 0 amide bonds. The second kappa shape index (κ2) is 7.76. The van der Waals surface area contributed by atoms with Crippen molar-refractivity contribution in [2.75, 3.05) is 13.7 Å². The highest BCUT2D eigenvalue weighted by atomic mass is 16.5. The highest BCUT2D eigenvalue weighted by Crippen LogP contribution is 2.35. The molecule has 0 spiro atoms. The standard InChI is InChI=1S/C26H23N3O2/c1-4-31-21-13-14-24-22(15-21)26-23(16-27-24)25(18-7-11-20(30-3)12-8-18)28-29(26)19-9-5-17(2)6-10-19/h5-16H,4H2,1-3H3. The van der Waals surface area contributed by atoms with Gasteiger partial charge in [-0.05, 0) is 68.4 Å². The van der Waals surface area contributed by atoms with Crippen molar-refractivity contribution >= 4 is 21.8 Å². The molecule has 5 nitrogen and oxygen atoms in total. The quantitative estimate of drug-likeness (QED) is 0.360. The van der Waals surface area contributed by atoms with E-state index in [1.807, 2.05) is 54.2 Å². The highest BCUT2D eigenvalue weighted by molar-refractivity contribution is 6.09. The Morgan fingerprint density at radius 2 is 1.61 bits per heavy atom. The number of fused-ring (bicyclic) bond motifs is 3. The zero-order valence-electron chi connectivity index (χ0n) is 17.8. The summed E-state index contributed by atoms with van der Waals surface area (Å²) in [5.41, 5.74) is 6.03. The molecule has 5 rings (SSSR count). The molecular formula is C26H23N3O2. The van der Waals surface area contributed by atoms with Crippen LogP contribution in [0.5, 0.6) is 11.5 Å². The average molecular weight is 409 g/mol. The van der Waals surface area contributed by atoms with Crippen LogP contribution < -0.4 is 9.47 Å². The third kappa shape index (κ3) is 3.38. The topological polar surface area (TPSA) is 49.2 Å². The fourth-order valence-electron chi connectivity index (χ4n) is 3.85. The van der Waals surface area contributed by atoms with Crippen molar-refractivity contribution in [1.82, 2.24) is 14.8 Å². The maximum Gasteiger partial charge on any atom is 0.120 e. The van der Waals surface area contributed by atoms with Crippen LogP contribution in [0.3, 0.4) is 0 Å². The van der Waals surface area contributed by atoms with Crippen LogP contribution in [0.2, 0.25) is 0 Å². The van der Waals surface area contributed by atoms with Gasteiger partial charge in [0.2, 0.25) is 0 Å². The summed E-state index contributed by atoms with van der Waals surface area (Å²) >= 11 is 0. The summed E-state index contributed by atoms with van der Waals surface area (Å²) in [4.78, 5) is 4.72. The van der Waals surface area contributed by atoms with E-state index in [4.69, 9.17) is 19.6 Å². The largest absolute Gasteiger partial charge is 0.497 e. The zero-order chi connectivity index (χ0) is 21.4. The van der Waals surface area contributed by atoms with E-state index < -0.39 is 0 Å². The predicted molar refractivity (Wildman–Crippen MR) is 124 cm³/mol. The van der Waals surface area contributed by atoms with Crippen molar-refractivity contribution in [2.24, 2.45) is 0 Å². The molecule has 5 heteroatoms. The van der Waals surface area contributed by atoms with Crippen LogP contribution >= 0.6 is 0 Å². The van der Waals surface area contributed by atoms with Crippen molar-refractivity contribution in [3.05, 3.63) is 78.5 Å². The number of hydrogen-bond donors (Lipinski definition) is 0. The lowest BCUT2D eigenvalue weighted by Crippen LogP contribution is -1.98. The summed E-state index contributed by atoms with van der Waals surface area (Å²) in [5, 5.41) is 7.04. The molecule has 154 valence electrons. The molecule has 5 aromatic rings. The Morgan fingerprint density at radius 1 is 0.871 bits per heavy atom. The van der Waals surface area contributed by atoms with E-state index in [9.17, 15) is 0 Å². The van der Waals surface area contributed by atoms with Gasteiger partial charge < -0.3 is 9.47 Å². The number of rotatable bonds is 5. The number of ether oxygens (including phenoxy) is 2. The number of hydrogen-bond acceptors (Lipinski definition) is 4. The summed E-state index contributed by atoms with van der Waals surface area (Å²) in [7, 11) is 1.67. The first-order valence-corrected chi connectivity index (χ1v) is 10.3. The Balaban J connectivity index is 1.83. The molecule has 0 aliphatic rings. The molecule has 0 radical (unpaired) electrons. The van der Waals surface area contributed by atoms with Crippen molar-refractivity contribution in [3.8, 4) is 28.4 Å². The lowest BCUT2D eigenvalue weighted by atomic mass is 10.1. The van der Waals surface area contributed by atoms with Gasteiger partial charge in [0.25, 0.3) is 0 Å². The molecule has 2 heterocycles. The molecular weight excluding hydrogens is 386 g/mol. The summed E-state index contributed by atoms with van der Waals surface area (Å²) in [5.74, 6) is 1.64. The third-order valence-electron chi connectivity index (χ3n) is 5.43. The van der Waals surface area contributed by atoms with Gasteiger partial charge in [0.15, 0.2) is 0 Å². The summed E-state index contributed by atoms with van der Waals surface area (Å²) in [6, 6.07) is 22.4. The fourth-order valence-corrected chi connectivity index (χ4v) is 3.85. The molecule has 2 aromatic heterocycles. The SMILES string of the molecule is CCOc1ccc2ncc3c(-c4ccc(OC)cc4)nn(-c4ccc(C)cc4)c3c2c1. The van der Waals surface area contributed by atoms with Gasteiger partial charge in [-0.1, -0.05) is 17.7 Å². The second-order valence-electron chi connectivity index (χ2n) is 7.46. The van der Waals surface area contributed by atoms with Crippen molar-refractivity contribution in [1.29, 1.82) is 0 Å². The van der Waals surface area contributed by atoms with E-state index in [1.54, 1.807) is 7.11 Å². The minimum Gasteiger partial charge on any atom is -0.497 e. The van der Waals surface area contributed by atoms with E-state index in [-0.39, 0.29) is 0 Å². The number of nitrogens with zero attached hydrogens (tertiary/aromatic N) is 3. The molecule has 31 heavy (non-hydrogen) atoms. The van der Waals surface area contributed by atoms with E-state index in [2.05, 4.69) is 37.3 Å². The van der Waals surface area contributed by atoms with Crippen LogP contribution in [0, 0.1) is 6.92 Å². The Labute approximate surface area is 180 Å². The summed E-state index contributed by atoms with van der Waals surface area (Å²) in [6.45, 7) is 4.69. The van der Waals surface area contributed by atoms with Gasteiger partial charge in [-0.25, -0.2) is 4.68 Å². The van der Waals surface area contributed by atoms with Crippen molar-refractivity contribution < 1.29 is 9.47 Å². The molecule has 0 atom stereocenters. The van der Waals surface area contributed by atoms with Gasteiger partial charge >= 0.3 is 0 Å². The maximum atomic E-state index is 5.77. The van der Waals surface area contributed by atoms with Crippen LogP contribution in [0.1, 0.15) is 12.5 Å². The monoisotopic (exact) mass is 409 g/mol. The molecule has 0 aliphatic heterocycles. The van der Waals surface area contributed by atoms with Crippen LogP contribution in [0.25, 0.3) is 38.8 Å². The molecule has 0 saturated carbocycles. The van der Waals surface area contributed by atoms with Crippen LogP contribution in [0.4, 0.5) is 0 Å². The summed E-state index contributed by atoms with van der Waals surface area (Å²) in [6.07, 6.45) is 1.91. The zero-order valence-corrected chi connectivity index (χ0v) is 17.8. The smallest absolute Gasteiger partial charge is 0.120 e. The highest BCUT2D eigenvalue weighted by Gasteiger charge is 2.17. The Morgan fingerprint density at radius 3 is 2.32 bits per heavy atom. The molecule has 0 N–H and O–H groups in total. The fraction of sp³-hybridized carbons (Fsp3) is 0.154. The molecule has 0 saturated heterocycles. The third-order valence-corrected chi connectivity index (χ3v) is 5.43. The molecule has 0 aliphatic carbocycles. The van der Waals surface area contributed by atoms with Gasteiger partial charge in [0, 0.05) is 22.5 Å². The summed E-state index contributed by atoms with van der Waals surface area (Å²) < 4.78 is 13.1. The minimum atomic E-state index is 0.614. The predicted octanol–water partition coefficient (Wildman–Crippen LogP) is 5.96. The molecule has 0 bridgehead atoms. The van der Waals surface area contributed by atoms with Crippen molar-refractivity contribution in [3.63, 3.8) is 0 Å². The van der Waals surface area contributed by atoms with Crippen LogP contribution in [-0.2, 0) is 0 Å². The number of pyridine rings is 1. The van der Waals surface area contributed by atoms with Gasteiger partial charge in [0.05, 0.1) is 30.4 Å². The number of benzene rings is 3. The van der Waals surface area contributed by atoms with Gasteiger partial charge in [-0.3, -0.25) is 4.98 Å². The first-order chi connectivity index (χ1) is 15.2. The van der Waals surface area contributed by atoms with Crippen LogP contribution in [0.15, 0.2) is 72.9 Å². The Kier molecular flexibility index (Phi) is 4.79. The van der Waals surface area contributed by atoms with E-state index in [0.29, 0.717) is 6.61 Å². The number of methoxy groups -OCH3 is 1. The molecule has 0 fully saturated rings. The van der Waals surface area contributed by atoms with Crippen molar-refractivity contribution in [2.45, 2.75) is 13.8 Å². The first kappa shape index (κ1) is 19.1. The van der Waals surface area contributed by atoms with Crippen LogP contribution in [-0.4, -0.2) is 28.5 Å². The lowest BCUT2D eigenvalue weighted by Gasteiger charge is -2.08. The maximum absolute atomic E-state index is 5.77.